The monoisotopic (exact) mass is 612 g/mol. The van der Waals surface area contributed by atoms with E-state index in [1.165, 1.54) is 12.8 Å². The van der Waals surface area contributed by atoms with Crippen LogP contribution >= 0.6 is 23.2 Å². The number of ether oxygens (including phenoxy) is 4. The van der Waals surface area contributed by atoms with Gasteiger partial charge in [0.2, 0.25) is 0 Å². The molecule has 0 bridgehead atoms. The lowest BCUT2D eigenvalue weighted by Crippen LogP contribution is -2.34. The summed E-state index contributed by atoms with van der Waals surface area (Å²) >= 11 is 13.5. The van der Waals surface area contributed by atoms with Crippen LogP contribution in [0.4, 0.5) is 0 Å². The molecule has 1 N–H and O–H groups in total. The molecule has 0 spiro atoms. The van der Waals surface area contributed by atoms with E-state index >= 15 is 0 Å². The van der Waals surface area contributed by atoms with Crippen LogP contribution in [0, 0.1) is 12.8 Å². The number of hydrogen-bond acceptors (Lipinski definition) is 7. The van der Waals surface area contributed by atoms with Gasteiger partial charge in [0.05, 0.1) is 30.4 Å². The average Bonchev–Trinajstić information content (AvgIpc) is 3.40. The molecule has 2 fully saturated rings. The highest BCUT2D eigenvalue weighted by Gasteiger charge is 2.26. The number of methoxy groups -OCH3 is 1. The molecule has 7 nitrogen and oxygen atoms in total. The molecular weight excluding hydrogens is 575 g/mol. The third-order valence-electron chi connectivity index (χ3n) is 8.09. The van der Waals surface area contributed by atoms with Crippen LogP contribution in [-0.4, -0.2) is 57.4 Å². The predicted molar refractivity (Wildman–Crippen MR) is 166 cm³/mol. The van der Waals surface area contributed by atoms with Gasteiger partial charge >= 0.3 is 5.97 Å². The molecule has 0 radical (unpaired) electrons. The van der Waals surface area contributed by atoms with Gasteiger partial charge < -0.3 is 29.2 Å². The molecule has 0 amide bonds. The third-order valence-corrected chi connectivity index (χ3v) is 8.77. The summed E-state index contributed by atoms with van der Waals surface area (Å²) in [6.07, 6.45) is 3.02. The van der Waals surface area contributed by atoms with Crippen molar-refractivity contribution >= 4 is 29.2 Å². The van der Waals surface area contributed by atoms with Gasteiger partial charge in [-0.1, -0.05) is 53.5 Å². The van der Waals surface area contributed by atoms with Crippen LogP contribution in [0.25, 0.3) is 11.1 Å². The van der Waals surface area contributed by atoms with Crippen LogP contribution in [0.5, 0.6) is 17.2 Å². The Morgan fingerprint density at radius 3 is 2.57 bits per heavy atom. The smallest absolute Gasteiger partial charge is 0.323 e. The Bertz CT molecular complexity index is 1420. The van der Waals surface area contributed by atoms with Gasteiger partial charge in [-0.3, -0.25) is 4.79 Å². The van der Waals surface area contributed by atoms with E-state index in [2.05, 4.69) is 30.3 Å². The maximum atomic E-state index is 11.8. The zero-order valence-electron chi connectivity index (χ0n) is 24.4. The number of nitrogens with zero attached hydrogens (tertiary/aromatic N) is 1. The van der Waals surface area contributed by atoms with E-state index in [0.717, 1.165) is 40.9 Å². The molecule has 2 aliphatic heterocycles. The first-order chi connectivity index (χ1) is 20.3. The van der Waals surface area contributed by atoms with Gasteiger partial charge in [0.25, 0.3) is 0 Å². The summed E-state index contributed by atoms with van der Waals surface area (Å²) in [6, 6.07) is 15.3. The molecule has 2 aliphatic rings. The normalized spacial score (nSPS) is 19.0. The molecule has 5 rings (SSSR count). The maximum Gasteiger partial charge on any atom is 0.323 e. The summed E-state index contributed by atoms with van der Waals surface area (Å²) in [4.78, 5) is 14.1. The van der Waals surface area contributed by atoms with Crippen molar-refractivity contribution in [2.45, 2.75) is 45.4 Å². The number of carbonyl (C=O) groups is 1. The van der Waals surface area contributed by atoms with Crippen LogP contribution < -0.4 is 19.5 Å². The molecule has 3 aromatic carbocycles. The second-order valence-corrected chi connectivity index (χ2v) is 11.8. The first kappa shape index (κ1) is 30.5. The molecule has 0 aliphatic carbocycles. The van der Waals surface area contributed by atoms with Crippen molar-refractivity contribution in [1.29, 1.82) is 0 Å². The average molecular weight is 614 g/mol. The van der Waals surface area contributed by atoms with Crippen molar-refractivity contribution in [3.8, 4) is 28.4 Å². The number of nitrogens with one attached hydrogen (secondary N) is 1. The van der Waals surface area contributed by atoms with Gasteiger partial charge in [-0.15, -0.1) is 0 Å². The highest BCUT2D eigenvalue weighted by Crippen LogP contribution is 2.39. The molecule has 224 valence electrons. The van der Waals surface area contributed by atoms with Gasteiger partial charge in [-0.05, 0) is 62.2 Å². The Hall–Kier alpha value is -2.97. The quantitative estimate of drug-likeness (QED) is 0.242. The molecule has 2 saturated heterocycles. The largest absolute Gasteiger partial charge is 0.496 e. The number of carbonyl (C=O) groups excluding carboxylic acids is 1. The number of hydrogen-bond donors (Lipinski definition) is 1. The number of rotatable bonds is 11. The summed E-state index contributed by atoms with van der Waals surface area (Å²) in [7, 11) is 3.76. The first-order valence-electron chi connectivity index (χ1n) is 14.4. The zero-order valence-corrected chi connectivity index (χ0v) is 25.9. The van der Waals surface area contributed by atoms with Crippen LogP contribution in [0.3, 0.4) is 0 Å². The second-order valence-electron chi connectivity index (χ2n) is 11.1. The topological polar surface area (TPSA) is 69.3 Å². The molecule has 1 unspecified atom stereocenters. The first-order valence-corrected chi connectivity index (χ1v) is 15.2. The van der Waals surface area contributed by atoms with Gasteiger partial charge in [-0.2, -0.15) is 0 Å². The lowest BCUT2D eigenvalue weighted by molar-refractivity contribution is -0.139. The van der Waals surface area contributed by atoms with E-state index in [1.807, 2.05) is 36.4 Å². The van der Waals surface area contributed by atoms with Crippen LogP contribution in [0.1, 0.15) is 36.0 Å². The third kappa shape index (κ3) is 7.14. The number of halogens is 2. The number of piperidine rings is 1. The summed E-state index contributed by atoms with van der Waals surface area (Å²) in [5, 5.41) is 4.30. The van der Waals surface area contributed by atoms with E-state index in [4.69, 9.17) is 42.1 Å². The minimum absolute atomic E-state index is 0.231. The Kier molecular flexibility index (Phi) is 10.2. The Morgan fingerprint density at radius 2 is 1.81 bits per heavy atom. The Balaban J connectivity index is 1.27. The fourth-order valence-electron chi connectivity index (χ4n) is 5.66. The molecule has 3 aromatic rings. The minimum atomic E-state index is -0.320. The van der Waals surface area contributed by atoms with E-state index < -0.39 is 0 Å². The van der Waals surface area contributed by atoms with E-state index in [-0.39, 0.29) is 12.0 Å². The summed E-state index contributed by atoms with van der Waals surface area (Å²) < 4.78 is 23.0. The standard InChI is InChI=1S/C33H38Cl2N2O5/c1-21-23(20-42-31-16-30(39-3)24(15-27(31)34)17-36-28-12-14-40-33(28)38)8-4-9-25(21)26-10-5-11-29(32(26)35)41-19-22-7-6-13-37(2)18-22/h4-5,8-11,15-16,22,28,36H,6-7,12-14,17-20H2,1-3H3/t22?,28-/m0/s1. The molecule has 0 aromatic heterocycles. The molecular formula is C33H38Cl2N2O5. The Morgan fingerprint density at radius 1 is 1.00 bits per heavy atom. The molecule has 9 heteroatoms. The van der Waals surface area contributed by atoms with E-state index in [1.54, 1.807) is 13.2 Å². The fourth-order valence-corrected chi connectivity index (χ4v) is 6.19. The van der Waals surface area contributed by atoms with E-state index in [9.17, 15) is 4.79 Å². The lowest BCUT2D eigenvalue weighted by Gasteiger charge is -2.29. The highest BCUT2D eigenvalue weighted by atomic mass is 35.5. The van der Waals surface area contributed by atoms with Crippen LogP contribution in [-0.2, 0) is 22.7 Å². The number of benzene rings is 3. The van der Waals surface area contributed by atoms with Crippen molar-refractivity contribution in [2.75, 3.05) is 40.5 Å². The highest BCUT2D eigenvalue weighted by molar-refractivity contribution is 6.35. The van der Waals surface area contributed by atoms with Crippen molar-refractivity contribution < 1.29 is 23.7 Å². The van der Waals surface area contributed by atoms with Gasteiger partial charge in [-0.25, -0.2) is 0 Å². The number of esters is 1. The van der Waals surface area contributed by atoms with Crippen LogP contribution in [0.15, 0.2) is 48.5 Å². The van der Waals surface area contributed by atoms with Crippen molar-refractivity contribution in [2.24, 2.45) is 5.92 Å². The van der Waals surface area contributed by atoms with Gasteiger partial charge in [0, 0.05) is 42.6 Å². The predicted octanol–water partition coefficient (Wildman–Crippen LogP) is 6.68. The zero-order chi connectivity index (χ0) is 29.6. The van der Waals surface area contributed by atoms with Crippen LogP contribution in [0.2, 0.25) is 10.0 Å². The summed E-state index contributed by atoms with van der Waals surface area (Å²) in [5.74, 6) is 2.13. The van der Waals surface area contributed by atoms with Crippen molar-refractivity contribution in [1.82, 2.24) is 10.2 Å². The maximum absolute atomic E-state index is 11.8. The number of likely N-dealkylation sites (tertiary alicyclic amines) is 1. The molecule has 2 heterocycles. The Labute approximate surface area is 258 Å². The van der Waals surface area contributed by atoms with Gasteiger partial charge in [0.15, 0.2) is 0 Å². The lowest BCUT2D eigenvalue weighted by atomic mass is 9.96. The SMILES string of the molecule is COc1cc(OCc2cccc(-c3cccc(OCC4CCCN(C)C4)c3Cl)c2C)c(Cl)cc1CN[C@H]1CCOC1=O. The summed E-state index contributed by atoms with van der Waals surface area (Å²) in [5.41, 5.74) is 4.87. The van der Waals surface area contributed by atoms with Crippen molar-refractivity contribution in [3.63, 3.8) is 0 Å². The fraction of sp³-hybridized carbons (Fsp3) is 0.424. The second kappa shape index (κ2) is 14.0. The summed E-state index contributed by atoms with van der Waals surface area (Å²) in [6.45, 7) is 6.10. The molecule has 2 atom stereocenters. The molecule has 42 heavy (non-hydrogen) atoms. The van der Waals surface area contributed by atoms with Crippen molar-refractivity contribution in [3.05, 3.63) is 75.3 Å². The minimum Gasteiger partial charge on any atom is -0.496 e. The van der Waals surface area contributed by atoms with E-state index in [0.29, 0.717) is 66.0 Å². The molecule has 0 saturated carbocycles. The van der Waals surface area contributed by atoms with Gasteiger partial charge in [0.1, 0.15) is 29.9 Å². The number of cyclic esters (lactones) is 1.